The minimum absolute atomic E-state index is 0.0946. The van der Waals surface area contributed by atoms with Crippen LogP contribution in [0.25, 0.3) is 0 Å². The van der Waals surface area contributed by atoms with Crippen LogP contribution in [0.15, 0.2) is 0 Å². The third-order valence-electron chi connectivity index (χ3n) is 0.977. The summed E-state index contributed by atoms with van der Waals surface area (Å²) >= 11 is 0. The average Bonchev–Trinajstić information content (AvgIpc) is 1.96. The van der Waals surface area contributed by atoms with Gasteiger partial charge in [0.1, 0.15) is 0 Å². The maximum absolute atomic E-state index is 9.85. The molecule has 12 heavy (non-hydrogen) atoms. The smallest absolute Gasteiger partial charge is 0.505 e. The van der Waals surface area contributed by atoms with Gasteiger partial charge in [0.05, 0.1) is 6.61 Å². The maximum atomic E-state index is 9.85. The standard InChI is InChI=1S/C6H10O6/c1-4(2-11-5(7)8)3-12-6(9)10/h4H,2-3H2,1H3,(H,7,8)(H,9,10)/p-1. The highest BCUT2D eigenvalue weighted by Gasteiger charge is 2.04. The minimum atomic E-state index is -1.63. The molecule has 0 aromatic heterocycles. The van der Waals surface area contributed by atoms with Crippen molar-refractivity contribution in [3.63, 3.8) is 0 Å². The second-order valence-corrected chi connectivity index (χ2v) is 2.24. The van der Waals surface area contributed by atoms with Crippen molar-refractivity contribution in [1.82, 2.24) is 0 Å². The van der Waals surface area contributed by atoms with E-state index in [0.717, 1.165) is 0 Å². The number of carbonyl (C=O) groups is 2. The lowest BCUT2D eigenvalue weighted by atomic mass is 10.2. The van der Waals surface area contributed by atoms with Crippen molar-refractivity contribution in [2.24, 2.45) is 5.92 Å². The third kappa shape index (κ3) is 6.66. The van der Waals surface area contributed by atoms with Crippen molar-refractivity contribution in [3.05, 3.63) is 0 Å². The highest BCUT2D eigenvalue weighted by molar-refractivity contribution is 5.56. The number of carboxylic acid groups (broad SMARTS) is 2. The van der Waals surface area contributed by atoms with Gasteiger partial charge in [0.2, 0.25) is 0 Å². The molecule has 0 amide bonds. The van der Waals surface area contributed by atoms with E-state index in [9.17, 15) is 14.7 Å². The first-order chi connectivity index (χ1) is 5.52. The zero-order chi connectivity index (χ0) is 9.56. The number of hydrogen-bond donors (Lipinski definition) is 1. The Morgan fingerprint density at radius 3 is 2.33 bits per heavy atom. The molecule has 0 aliphatic rings. The van der Waals surface area contributed by atoms with Crippen molar-refractivity contribution < 1.29 is 29.3 Å². The normalized spacial score (nSPS) is 11.8. The van der Waals surface area contributed by atoms with Gasteiger partial charge in [-0.05, 0) is 0 Å². The van der Waals surface area contributed by atoms with Gasteiger partial charge in [0.25, 0.3) is 6.16 Å². The van der Waals surface area contributed by atoms with Crippen molar-refractivity contribution in [2.75, 3.05) is 13.2 Å². The molecule has 0 saturated carbocycles. The lowest BCUT2D eigenvalue weighted by Crippen LogP contribution is -2.27. The first-order valence-corrected chi connectivity index (χ1v) is 3.22. The van der Waals surface area contributed by atoms with E-state index in [1.165, 1.54) is 0 Å². The van der Waals surface area contributed by atoms with Crippen LogP contribution < -0.4 is 5.11 Å². The van der Waals surface area contributed by atoms with E-state index in [0.29, 0.717) is 0 Å². The molecule has 0 rings (SSSR count). The Bertz CT molecular complexity index is 147. The Kier molecular flexibility index (Phi) is 4.59. The molecular weight excluding hydrogens is 168 g/mol. The zero-order valence-electron chi connectivity index (χ0n) is 6.48. The molecule has 0 heterocycles. The molecule has 1 unspecified atom stereocenters. The molecule has 0 aliphatic carbocycles. The maximum Gasteiger partial charge on any atom is 0.505 e. The van der Waals surface area contributed by atoms with Gasteiger partial charge in [-0.3, -0.25) is 0 Å². The predicted octanol–water partition coefficient (Wildman–Crippen LogP) is -0.323. The molecule has 0 radical (unpaired) electrons. The van der Waals surface area contributed by atoms with Crippen molar-refractivity contribution in [1.29, 1.82) is 0 Å². The first-order valence-electron chi connectivity index (χ1n) is 3.22. The molecule has 0 bridgehead atoms. The molecule has 1 N–H and O–H groups in total. The minimum Gasteiger partial charge on any atom is -0.549 e. The summed E-state index contributed by atoms with van der Waals surface area (Å²) in [6.45, 7) is 1.37. The second kappa shape index (κ2) is 5.22. The van der Waals surface area contributed by atoms with E-state index < -0.39 is 12.3 Å². The fourth-order valence-electron chi connectivity index (χ4n) is 0.472. The van der Waals surface area contributed by atoms with Crippen molar-refractivity contribution in [2.45, 2.75) is 6.92 Å². The lowest BCUT2D eigenvalue weighted by Gasteiger charge is -2.13. The fourth-order valence-corrected chi connectivity index (χ4v) is 0.472. The molecule has 6 nitrogen and oxygen atoms in total. The topological polar surface area (TPSA) is 95.9 Å². The van der Waals surface area contributed by atoms with E-state index in [2.05, 4.69) is 9.47 Å². The molecule has 1 atom stereocenters. The van der Waals surface area contributed by atoms with E-state index in [4.69, 9.17) is 5.11 Å². The van der Waals surface area contributed by atoms with Crippen LogP contribution >= 0.6 is 0 Å². The molecule has 0 aromatic rings. The summed E-state index contributed by atoms with van der Waals surface area (Å²) in [5, 5.41) is 17.8. The summed E-state index contributed by atoms with van der Waals surface area (Å²) in [6, 6.07) is 0. The molecule has 0 spiro atoms. The van der Waals surface area contributed by atoms with E-state index in [1.807, 2.05) is 0 Å². The molecule has 6 heteroatoms. The van der Waals surface area contributed by atoms with Crippen LogP contribution in [0.2, 0.25) is 0 Å². The molecular formula is C6H9O6-. The third-order valence-corrected chi connectivity index (χ3v) is 0.977. The van der Waals surface area contributed by atoms with Crippen LogP contribution in [0.1, 0.15) is 6.92 Å². The Balaban J connectivity index is 3.39. The summed E-state index contributed by atoms with van der Waals surface area (Å²) in [4.78, 5) is 19.6. The van der Waals surface area contributed by atoms with Crippen molar-refractivity contribution >= 4 is 12.3 Å². The van der Waals surface area contributed by atoms with Gasteiger partial charge < -0.3 is 24.5 Å². The molecule has 70 valence electrons. The van der Waals surface area contributed by atoms with Crippen LogP contribution in [-0.4, -0.2) is 30.6 Å². The highest BCUT2D eigenvalue weighted by Crippen LogP contribution is 1.96. The summed E-state index contributed by atoms with van der Waals surface area (Å²) in [5.41, 5.74) is 0. The summed E-state index contributed by atoms with van der Waals surface area (Å²) < 4.78 is 8.23. The number of hydrogen-bond acceptors (Lipinski definition) is 5. The van der Waals surface area contributed by atoms with Gasteiger partial charge in [-0.15, -0.1) is 0 Å². The largest absolute Gasteiger partial charge is 0.549 e. The van der Waals surface area contributed by atoms with E-state index >= 15 is 0 Å². The molecule has 0 aromatic carbocycles. The van der Waals surface area contributed by atoms with Crippen LogP contribution in [0.3, 0.4) is 0 Å². The van der Waals surface area contributed by atoms with Crippen molar-refractivity contribution in [3.8, 4) is 0 Å². The number of rotatable bonds is 4. The number of ether oxygens (including phenoxy) is 2. The van der Waals surface area contributed by atoms with Crippen LogP contribution in [0, 0.1) is 5.92 Å². The van der Waals surface area contributed by atoms with Gasteiger partial charge in [-0.2, -0.15) is 0 Å². The Morgan fingerprint density at radius 1 is 1.42 bits per heavy atom. The van der Waals surface area contributed by atoms with Gasteiger partial charge in [-0.1, -0.05) is 6.92 Å². The molecule has 0 saturated heterocycles. The average molecular weight is 177 g/mol. The Morgan fingerprint density at radius 2 is 1.92 bits per heavy atom. The van der Waals surface area contributed by atoms with Gasteiger partial charge in [-0.25, -0.2) is 4.79 Å². The van der Waals surface area contributed by atoms with E-state index in [-0.39, 0.29) is 19.1 Å². The van der Waals surface area contributed by atoms with Gasteiger partial charge in [0, 0.05) is 12.5 Å². The van der Waals surface area contributed by atoms with Crippen LogP contribution in [-0.2, 0) is 9.47 Å². The zero-order valence-corrected chi connectivity index (χ0v) is 6.48. The Hall–Kier alpha value is -1.46. The summed E-state index contributed by atoms with van der Waals surface area (Å²) in [6.07, 6.45) is -3.02. The van der Waals surface area contributed by atoms with E-state index in [1.54, 1.807) is 6.92 Å². The lowest BCUT2D eigenvalue weighted by molar-refractivity contribution is -0.283. The number of carbonyl (C=O) groups excluding carboxylic acids is 1. The first kappa shape index (κ1) is 10.5. The van der Waals surface area contributed by atoms with Gasteiger partial charge >= 0.3 is 6.16 Å². The summed E-state index contributed by atoms with van der Waals surface area (Å²) in [7, 11) is 0. The quantitative estimate of drug-likeness (QED) is 0.591. The SMILES string of the molecule is CC(COC(=O)[O-])COC(=O)O. The van der Waals surface area contributed by atoms with Crippen LogP contribution in [0.4, 0.5) is 9.59 Å². The van der Waals surface area contributed by atoms with Gasteiger partial charge in [0.15, 0.2) is 0 Å². The highest BCUT2D eigenvalue weighted by atomic mass is 16.7. The predicted molar refractivity (Wildman–Crippen MR) is 34.5 cm³/mol. The second-order valence-electron chi connectivity index (χ2n) is 2.24. The fraction of sp³-hybridized carbons (Fsp3) is 0.667. The molecule has 0 aliphatic heterocycles. The monoisotopic (exact) mass is 177 g/mol. The summed E-state index contributed by atoms with van der Waals surface area (Å²) in [5.74, 6) is -0.306. The molecule has 0 fully saturated rings. The van der Waals surface area contributed by atoms with Crippen LogP contribution in [0.5, 0.6) is 0 Å². The Labute approximate surface area is 68.7 Å².